The smallest absolute Gasteiger partial charge is 0.296 e. The molecule has 1 aliphatic heterocycles. The molecule has 7 heteroatoms. The summed E-state index contributed by atoms with van der Waals surface area (Å²) in [4.78, 5) is 31.7. The molecule has 6 nitrogen and oxygen atoms in total. The number of nitrogens with zero attached hydrogens (tertiary/aromatic N) is 2. The van der Waals surface area contributed by atoms with E-state index in [4.69, 9.17) is 4.74 Å². The van der Waals surface area contributed by atoms with Gasteiger partial charge in [0.2, 0.25) is 0 Å². The van der Waals surface area contributed by atoms with Gasteiger partial charge in [0.05, 0.1) is 17.9 Å². The highest BCUT2D eigenvalue weighted by Crippen LogP contribution is 2.39. The van der Waals surface area contributed by atoms with Crippen LogP contribution >= 0.6 is 0 Å². The predicted molar refractivity (Wildman–Crippen MR) is 116 cm³/mol. The first kappa shape index (κ1) is 21.2. The van der Waals surface area contributed by atoms with Crippen molar-refractivity contribution >= 4 is 17.4 Å². The number of Topliss-reactive ketones (excluding diaryl/α,β-unsaturated/α-hetero) is 1. The Morgan fingerprint density at radius 3 is 2.56 bits per heavy atom. The van der Waals surface area contributed by atoms with Crippen molar-refractivity contribution in [2.24, 2.45) is 0 Å². The van der Waals surface area contributed by atoms with Crippen molar-refractivity contribution in [2.75, 3.05) is 6.61 Å². The highest BCUT2D eigenvalue weighted by molar-refractivity contribution is 6.46. The SMILES string of the molecule is CCOc1cccc(/C(O)=C2/C(=O)C(=O)N(Cc3ccc(F)cc3)C2c2ccccn2)c1. The minimum Gasteiger partial charge on any atom is -0.507 e. The Bertz CT molecular complexity index is 1180. The van der Waals surface area contributed by atoms with Crippen LogP contribution in [0, 0.1) is 5.82 Å². The molecule has 1 unspecified atom stereocenters. The maximum atomic E-state index is 13.3. The van der Waals surface area contributed by atoms with Crippen molar-refractivity contribution < 1.29 is 23.8 Å². The molecule has 1 N–H and O–H groups in total. The third kappa shape index (κ3) is 4.09. The van der Waals surface area contributed by atoms with E-state index in [2.05, 4.69) is 4.98 Å². The summed E-state index contributed by atoms with van der Waals surface area (Å²) in [5.74, 6) is -1.73. The number of pyridine rings is 1. The summed E-state index contributed by atoms with van der Waals surface area (Å²) in [6.45, 7) is 2.34. The lowest BCUT2D eigenvalue weighted by Crippen LogP contribution is -2.29. The number of aromatic nitrogens is 1. The summed E-state index contributed by atoms with van der Waals surface area (Å²) in [7, 11) is 0. The van der Waals surface area contributed by atoms with Gasteiger partial charge in [0.15, 0.2) is 0 Å². The van der Waals surface area contributed by atoms with E-state index in [0.717, 1.165) is 0 Å². The van der Waals surface area contributed by atoms with Gasteiger partial charge in [0.25, 0.3) is 11.7 Å². The molecule has 0 saturated carbocycles. The number of aliphatic hydroxyl groups is 1. The highest BCUT2D eigenvalue weighted by Gasteiger charge is 2.46. The monoisotopic (exact) mass is 432 g/mol. The van der Waals surface area contributed by atoms with Crippen LogP contribution < -0.4 is 4.74 Å². The Morgan fingerprint density at radius 1 is 1.09 bits per heavy atom. The lowest BCUT2D eigenvalue weighted by Gasteiger charge is -2.24. The lowest BCUT2D eigenvalue weighted by molar-refractivity contribution is -0.140. The molecular formula is C25H21FN2O4. The first-order valence-electron chi connectivity index (χ1n) is 10.2. The van der Waals surface area contributed by atoms with Gasteiger partial charge in [-0.2, -0.15) is 0 Å². The van der Waals surface area contributed by atoms with E-state index < -0.39 is 23.5 Å². The number of amides is 1. The van der Waals surface area contributed by atoms with E-state index in [9.17, 15) is 19.1 Å². The third-order valence-electron chi connectivity index (χ3n) is 5.19. The number of likely N-dealkylation sites (tertiary alicyclic amines) is 1. The number of carbonyl (C=O) groups is 2. The van der Waals surface area contributed by atoms with Gasteiger partial charge in [0, 0.05) is 18.3 Å². The molecule has 0 spiro atoms. The Morgan fingerprint density at radius 2 is 1.88 bits per heavy atom. The molecule has 2 aromatic carbocycles. The zero-order valence-corrected chi connectivity index (χ0v) is 17.4. The van der Waals surface area contributed by atoms with E-state index in [0.29, 0.717) is 29.2 Å². The molecule has 0 radical (unpaired) electrons. The van der Waals surface area contributed by atoms with Crippen LogP contribution in [0.25, 0.3) is 5.76 Å². The Labute approximate surface area is 184 Å². The zero-order valence-electron chi connectivity index (χ0n) is 17.4. The average molecular weight is 432 g/mol. The summed E-state index contributed by atoms with van der Waals surface area (Å²) < 4.78 is 18.8. The lowest BCUT2D eigenvalue weighted by atomic mass is 9.98. The fourth-order valence-corrected chi connectivity index (χ4v) is 3.73. The molecule has 0 aliphatic carbocycles. The van der Waals surface area contributed by atoms with Gasteiger partial charge in [-0.05, 0) is 48.9 Å². The summed E-state index contributed by atoms with van der Waals surface area (Å²) in [5, 5.41) is 11.1. The fraction of sp³-hybridized carbons (Fsp3) is 0.160. The number of hydrogen-bond donors (Lipinski definition) is 1. The predicted octanol–water partition coefficient (Wildman–Crippen LogP) is 4.24. The molecule has 2 heterocycles. The summed E-state index contributed by atoms with van der Waals surface area (Å²) in [5.41, 5.74) is 1.39. The van der Waals surface area contributed by atoms with E-state index >= 15 is 0 Å². The second kappa shape index (κ2) is 9.01. The zero-order chi connectivity index (χ0) is 22.7. The minimum atomic E-state index is -0.892. The number of benzene rings is 2. The molecule has 162 valence electrons. The molecule has 32 heavy (non-hydrogen) atoms. The topological polar surface area (TPSA) is 79.7 Å². The highest BCUT2D eigenvalue weighted by atomic mass is 19.1. The molecule has 1 aromatic heterocycles. The quantitative estimate of drug-likeness (QED) is 0.358. The number of ketones is 1. The van der Waals surface area contributed by atoms with Crippen LogP contribution in [0.5, 0.6) is 5.75 Å². The molecular weight excluding hydrogens is 411 g/mol. The first-order chi connectivity index (χ1) is 15.5. The Hall–Kier alpha value is -4.00. The molecule has 3 aromatic rings. The van der Waals surface area contributed by atoms with Crippen LogP contribution in [0.3, 0.4) is 0 Å². The van der Waals surface area contributed by atoms with Gasteiger partial charge in [-0.15, -0.1) is 0 Å². The Balaban J connectivity index is 1.82. The molecule has 1 fully saturated rings. The molecule has 1 aliphatic rings. The van der Waals surface area contributed by atoms with E-state index in [1.807, 2.05) is 6.92 Å². The van der Waals surface area contributed by atoms with Gasteiger partial charge in [-0.1, -0.05) is 30.3 Å². The van der Waals surface area contributed by atoms with Crippen molar-refractivity contribution in [3.8, 4) is 5.75 Å². The third-order valence-corrected chi connectivity index (χ3v) is 5.19. The average Bonchev–Trinajstić information content (AvgIpc) is 3.06. The summed E-state index contributed by atoms with van der Waals surface area (Å²) in [6.07, 6.45) is 1.56. The number of aliphatic hydroxyl groups excluding tert-OH is 1. The summed E-state index contributed by atoms with van der Waals surface area (Å²) in [6, 6.07) is 16.6. The maximum Gasteiger partial charge on any atom is 0.296 e. The van der Waals surface area contributed by atoms with Crippen LogP contribution in [0.1, 0.15) is 29.8 Å². The van der Waals surface area contributed by atoms with Crippen LogP contribution in [0.4, 0.5) is 4.39 Å². The number of hydrogen-bond acceptors (Lipinski definition) is 5. The normalized spacial score (nSPS) is 17.6. The van der Waals surface area contributed by atoms with E-state index in [1.54, 1.807) is 60.8 Å². The largest absolute Gasteiger partial charge is 0.507 e. The van der Waals surface area contributed by atoms with Crippen LogP contribution in [0.15, 0.2) is 78.5 Å². The second-order valence-electron chi connectivity index (χ2n) is 7.27. The van der Waals surface area contributed by atoms with Gasteiger partial charge >= 0.3 is 0 Å². The molecule has 1 amide bonds. The number of carbonyl (C=O) groups excluding carboxylic acids is 2. The van der Waals surface area contributed by atoms with E-state index in [-0.39, 0.29) is 17.9 Å². The van der Waals surface area contributed by atoms with Crippen molar-refractivity contribution in [1.29, 1.82) is 0 Å². The van der Waals surface area contributed by atoms with Crippen LogP contribution in [0.2, 0.25) is 0 Å². The maximum absolute atomic E-state index is 13.3. The van der Waals surface area contributed by atoms with Gasteiger partial charge < -0.3 is 14.7 Å². The molecule has 1 saturated heterocycles. The number of halogens is 1. The molecule has 0 bridgehead atoms. The molecule has 1 atom stereocenters. The summed E-state index contributed by atoms with van der Waals surface area (Å²) >= 11 is 0. The second-order valence-corrected chi connectivity index (χ2v) is 7.27. The van der Waals surface area contributed by atoms with Gasteiger partial charge in [0.1, 0.15) is 23.4 Å². The van der Waals surface area contributed by atoms with Gasteiger partial charge in [-0.25, -0.2) is 4.39 Å². The van der Waals surface area contributed by atoms with Crippen molar-refractivity contribution in [3.63, 3.8) is 0 Å². The van der Waals surface area contributed by atoms with E-state index in [1.165, 1.54) is 17.0 Å². The molecule has 4 rings (SSSR count). The van der Waals surface area contributed by atoms with Gasteiger partial charge in [-0.3, -0.25) is 14.6 Å². The first-order valence-corrected chi connectivity index (χ1v) is 10.2. The standard InChI is InChI=1S/C25H21FN2O4/c1-2-32-19-7-5-6-17(14-19)23(29)21-22(20-8-3-4-13-27-20)28(25(31)24(21)30)15-16-9-11-18(26)12-10-16/h3-14,22,29H,2,15H2,1H3/b23-21-. The Kier molecular flexibility index (Phi) is 5.98. The van der Waals surface area contributed by atoms with Crippen molar-refractivity contribution in [3.05, 3.63) is 101 Å². The number of ether oxygens (including phenoxy) is 1. The van der Waals surface area contributed by atoms with Crippen LogP contribution in [-0.2, 0) is 16.1 Å². The van der Waals surface area contributed by atoms with Crippen molar-refractivity contribution in [1.82, 2.24) is 9.88 Å². The van der Waals surface area contributed by atoms with Crippen LogP contribution in [-0.4, -0.2) is 33.3 Å². The fourth-order valence-electron chi connectivity index (χ4n) is 3.73. The number of rotatable bonds is 6. The minimum absolute atomic E-state index is 0.0514. The van der Waals surface area contributed by atoms with Crippen molar-refractivity contribution in [2.45, 2.75) is 19.5 Å².